The van der Waals surface area contributed by atoms with Crippen molar-refractivity contribution in [2.75, 3.05) is 13.2 Å². The fourth-order valence-corrected chi connectivity index (χ4v) is 7.69. The Kier molecular flexibility index (Phi) is 13.9. The van der Waals surface area contributed by atoms with Crippen molar-refractivity contribution >= 4 is 35.4 Å². The van der Waals surface area contributed by atoms with Crippen LogP contribution >= 0.6 is 0 Å². The Hall–Kier alpha value is -8.10. The molecule has 2 amide bonds. The molecule has 14 nitrogen and oxygen atoms in total. The van der Waals surface area contributed by atoms with E-state index in [-0.39, 0.29) is 42.9 Å². The third-order valence-electron chi connectivity index (χ3n) is 10.9. The number of nitrogens with zero attached hydrogens (tertiary/aromatic N) is 2. The molecule has 0 radical (unpaired) electrons. The molecule has 6 aromatic carbocycles. The molecule has 3 atom stereocenters. The second kappa shape index (κ2) is 20.2. The standard InChI is InChI=1S/C50H44N4O10/c55-43(31-33-13-5-1-6-14-33)64-40-27-23-35(24-28-40)45(49(60)61)54-32-42(47(54)57)51-46(56)44(53-62)34-21-25-39(26-22-34)63-30-29-41(48(58)59)52-50(36-15-7-2-8-16-36,37-17-9-3-10-18-37)38-19-11-4-12-20-38/h1-28,41-42,45,52,62H,29-32H2,(H,51,56)(H,58,59)(H,60,61). The molecule has 1 aliphatic heterocycles. The first-order valence-electron chi connectivity index (χ1n) is 20.4. The Morgan fingerprint density at radius 2 is 1.20 bits per heavy atom. The molecule has 0 spiro atoms. The van der Waals surface area contributed by atoms with Crippen LogP contribution < -0.4 is 20.1 Å². The molecule has 1 heterocycles. The van der Waals surface area contributed by atoms with E-state index < -0.39 is 59.1 Å². The summed E-state index contributed by atoms with van der Waals surface area (Å²) in [5.41, 5.74) is 2.35. The van der Waals surface area contributed by atoms with E-state index in [0.717, 1.165) is 27.2 Å². The molecule has 1 aliphatic rings. The van der Waals surface area contributed by atoms with Gasteiger partial charge in [-0.15, -0.1) is 0 Å². The van der Waals surface area contributed by atoms with E-state index in [1.165, 1.54) is 48.5 Å². The van der Waals surface area contributed by atoms with E-state index >= 15 is 0 Å². The number of benzene rings is 6. The molecular weight excluding hydrogens is 817 g/mol. The molecule has 5 N–H and O–H groups in total. The van der Waals surface area contributed by atoms with Gasteiger partial charge in [0.25, 0.3) is 5.91 Å². The van der Waals surface area contributed by atoms with Gasteiger partial charge in [-0.05, 0) is 64.2 Å². The van der Waals surface area contributed by atoms with Gasteiger partial charge in [0.2, 0.25) is 5.91 Å². The molecule has 3 unspecified atom stereocenters. The summed E-state index contributed by atoms with van der Waals surface area (Å²) in [6.45, 7) is -0.140. The summed E-state index contributed by atoms with van der Waals surface area (Å²) in [4.78, 5) is 65.1. The molecule has 6 aromatic rings. The zero-order valence-electron chi connectivity index (χ0n) is 34.3. The summed E-state index contributed by atoms with van der Waals surface area (Å²) in [7, 11) is 0. The maximum atomic E-state index is 13.2. The van der Waals surface area contributed by atoms with Crippen LogP contribution in [0, 0.1) is 0 Å². The summed E-state index contributed by atoms with van der Waals surface area (Å²) < 4.78 is 11.3. The number of rotatable bonds is 19. The highest BCUT2D eigenvalue weighted by atomic mass is 16.5. The van der Waals surface area contributed by atoms with Crippen molar-refractivity contribution in [3.05, 3.63) is 203 Å². The summed E-state index contributed by atoms with van der Waals surface area (Å²) in [5, 5.41) is 39.5. The van der Waals surface area contributed by atoms with Gasteiger partial charge in [-0.3, -0.25) is 24.5 Å². The number of esters is 1. The Balaban J connectivity index is 0.949. The van der Waals surface area contributed by atoms with Crippen molar-refractivity contribution in [2.24, 2.45) is 5.16 Å². The molecule has 1 fully saturated rings. The highest BCUT2D eigenvalue weighted by Gasteiger charge is 2.45. The number of nitrogens with one attached hydrogen (secondary N) is 2. The van der Waals surface area contributed by atoms with Crippen LogP contribution in [0.1, 0.15) is 45.8 Å². The molecule has 324 valence electrons. The third-order valence-corrected chi connectivity index (χ3v) is 10.9. The van der Waals surface area contributed by atoms with Gasteiger partial charge in [-0.2, -0.15) is 0 Å². The number of amides is 2. The van der Waals surface area contributed by atoms with Crippen LogP contribution in [-0.4, -0.2) is 81.0 Å². The van der Waals surface area contributed by atoms with E-state index in [0.29, 0.717) is 5.75 Å². The Bertz CT molecular complexity index is 2500. The first kappa shape index (κ1) is 44.0. The minimum absolute atomic E-state index is 0.00315. The van der Waals surface area contributed by atoms with Crippen LogP contribution in [0.2, 0.25) is 0 Å². The van der Waals surface area contributed by atoms with E-state index in [2.05, 4.69) is 15.8 Å². The van der Waals surface area contributed by atoms with Crippen molar-refractivity contribution in [3.63, 3.8) is 0 Å². The van der Waals surface area contributed by atoms with Crippen LogP contribution in [0.5, 0.6) is 11.5 Å². The SMILES string of the molecule is O=C(Cc1ccccc1)Oc1ccc(C(C(=O)O)N2CC(NC(=O)C(=NO)c3ccc(OCCC(NC(c4ccccc4)(c4ccccc4)c4ccccc4)C(=O)O)cc3)C2=O)cc1. The topological polar surface area (TPSA) is 204 Å². The largest absolute Gasteiger partial charge is 0.494 e. The van der Waals surface area contributed by atoms with Crippen molar-refractivity contribution in [3.8, 4) is 11.5 Å². The van der Waals surface area contributed by atoms with Crippen molar-refractivity contribution in [2.45, 2.75) is 36.5 Å². The monoisotopic (exact) mass is 860 g/mol. The average molecular weight is 861 g/mol. The van der Waals surface area contributed by atoms with Crippen LogP contribution in [0.15, 0.2) is 175 Å². The maximum Gasteiger partial charge on any atom is 0.331 e. The minimum Gasteiger partial charge on any atom is -0.494 e. The highest BCUT2D eigenvalue weighted by molar-refractivity contribution is 6.45. The van der Waals surface area contributed by atoms with Gasteiger partial charge < -0.3 is 35.1 Å². The lowest BCUT2D eigenvalue weighted by atomic mass is 9.76. The van der Waals surface area contributed by atoms with Crippen molar-refractivity contribution < 1.29 is 48.9 Å². The highest BCUT2D eigenvalue weighted by Crippen LogP contribution is 2.38. The fourth-order valence-electron chi connectivity index (χ4n) is 7.69. The van der Waals surface area contributed by atoms with Gasteiger partial charge in [0, 0.05) is 12.0 Å². The summed E-state index contributed by atoms with van der Waals surface area (Å²) in [6.07, 6.45) is 0.123. The maximum absolute atomic E-state index is 13.2. The molecule has 0 aromatic heterocycles. The average Bonchev–Trinajstić information content (AvgIpc) is 3.32. The smallest absolute Gasteiger partial charge is 0.331 e. The van der Waals surface area contributed by atoms with Crippen molar-refractivity contribution in [1.82, 2.24) is 15.5 Å². The normalized spacial score (nSPS) is 14.7. The zero-order chi connectivity index (χ0) is 45.1. The lowest BCUT2D eigenvalue weighted by molar-refractivity contribution is -0.160. The fraction of sp³-hybridized carbons (Fsp3) is 0.160. The van der Waals surface area contributed by atoms with Gasteiger partial charge in [0.05, 0.1) is 25.1 Å². The Morgan fingerprint density at radius 3 is 1.69 bits per heavy atom. The molecule has 7 rings (SSSR count). The number of ether oxygens (including phenoxy) is 2. The van der Waals surface area contributed by atoms with Crippen LogP contribution in [0.3, 0.4) is 0 Å². The number of carbonyl (C=O) groups is 5. The van der Waals surface area contributed by atoms with Crippen LogP contribution in [-0.2, 0) is 35.9 Å². The third kappa shape index (κ3) is 9.99. The quantitative estimate of drug-likeness (QED) is 0.0122. The first-order chi connectivity index (χ1) is 31.1. The second-order valence-corrected chi connectivity index (χ2v) is 15.0. The molecule has 0 bridgehead atoms. The number of aliphatic carboxylic acids is 2. The Morgan fingerprint density at radius 1 is 0.688 bits per heavy atom. The summed E-state index contributed by atoms with van der Waals surface area (Å²) in [5.74, 6) is -3.85. The van der Waals surface area contributed by atoms with E-state index in [1.54, 1.807) is 12.1 Å². The Labute approximate surface area is 368 Å². The first-order valence-corrected chi connectivity index (χ1v) is 20.4. The number of likely N-dealkylation sites (tertiary alicyclic amines) is 1. The summed E-state index contributed by atoms with van der Waals surface area (Å²) in [6, 6.07) is 46.2. The van der Waals surface area contributed by atoms with E-state index in [9.17, 15) is 39.4 Å². The van der Waals surface area contributed by atoms with Gasteiger partial charge in [0.1, 0.15) is 23.6 Å². The molecule has 0 aliphatic carbocycles. The number of carbonyl (C=O) groups excluding carboxylic acids is 3. The number of β-lactam (4-membered cyclic amide) rings is 1. The molecular formula is C50H44N4O10. The van der Waals surface area contributed by atoms with E-state index in [4.69, 9.17) is 9.47 Å². The molecule has 14 heteroatoms. The predicted octanol–water partition coefficient (Wildman–Crippen LogP) is 5.97. The molecule has 64 heavy (non-hydrogen) atoms. The van der Waals surface area contributed by atoms with Gasteiger partial charge >= 0.3 is 17.9 Å². The van der Waals surface area contributed by atoms with Crippen LogP contribution in [0.4, 0.5) is 0 Å². The lowest BCUT2D eigenvalue weighted by Crippen LogP contribution is -2.66. The van der Waals surface area contributed by atoms with Gasteiger partial charge in [0.15, 0.2) is 11.8 Å². The lowest BCUT2D eigenvalue weighted by Gasteiger charge is -2.42. The number of carboxylic acid groups (broad SMARTS) is 2. The second-order valence-electron chi connectivity index (χ2n) is 15.0. The summed E-state index contributed by atoms with van der Waals surface area (Å²) >= 11 is 0. The molecule has 0 saturated carbocycles. The molecule has 1 saturated heterocycles. The van der Waals surface area contributed by atoms with Gasteiger partial charge in [-0.1, -0.05) is 139 Å². The number of hydrogen-bond acceptors (Lipinski definition) is 10. The number of carboxylic acids is 2. The zero-order valence-corrected chi connectivity index (χ0v) is 34.3. The van der Waals surface area contributed by atoms with Crippen molar-refractivity contribution in [1.29, 1.82) is 0 Å². The van der Waals surface area contributed by atoms with Gasteiger partial charge in [-0.25, -0.2) is 4.79 Å². The minimum atomic E-state index is -1.38. The van der Waals surface area contributed by atoms with Crippen LogP contribution in [0.25, 0.3) is 0 Å². The number of hydrogen-bond donors (Lipinski definition) is 5. The predicted molar refractivity (Wildman–Crippen MR) is 235 cm³/mol. The van der Waals surface area contributed by atoms with E-state index in [1.807, 2.05) is 109 Å². The number of oxime groups is 1.